The summed E-state index contributed by atoms with van der Waals surface area (Å²) in [5, 5.41) is 0. The zero-order valence-electron chi connectivity index (χ0n) is 22.7. The summed E-state index contributed by atoms with van der Waals surface area (Å²) in [6.07, 6.45) is 1.09. The van der Waals surface area contributed by atoms with Crippen molar-refractivity contribution < 1.29 is 44.6 Å². The van der Waals surface area contributed by atoms with E-state index < -0.39 is 52.3 Å². The second-order valence-electron chi connectivity index (χ2n) is 10.1. The highest BCUT2D eigenvalue weighted by molar-refractivity contribution is 5.73. The Morgan fingerprint density at radius 1 is 0.721 bits per heavy atom. The summed E-state index contributed by atoms with van der Waals surface area (Å²) in [5.41, 5.74) is 0.659. The zero-order chi connectivity index (χ0) is 30.9. The summed E-state index contributed by atoms with van der Waals surface area (Å²) in [7, 11) is 0. The number of benzene rings is 4. The van der Waals surface area contributed by atoms with Crippen LogP contribution < -0.4 is 4.74 Å². The molecule has 1 heterocycles. The Labute approximate surface area is 242 Å². The van der Waals surface area contributed by atoms with E-state index in [-0.39, 0.29) is 29.4 Å². The highest BCUT2D eigenvalue weighted by atomic mass is 19.3. The van der Waals surface area contributed by atoms with Crippen LogP contribution in [0, 0.1) is 34.9 Å². The average molecular weight is 605 g/mol. The Morgan fingerprint density at radius 3 is 1.86 bits per heavy atom. The van der Waals surface area contributed by atoms with E-state index in [1.54, 1.807) is 18.4 Å². The quantitative estimate of drug-likeness (QED) is 0.147. The predicted octanol–water partition coefficient (Wildman–Crippen LogP) is 10.3. The molecule has 1 unspecified atom stereocenters. The number of ether oxygens (including phenoxy) is 2. The van der Waals surface area contributed by atoms with Gasteiger partial charge in [-0.15, -0.1) is 0 Å². The molecule has 0 aliphatic carbocycles. The molecule has 0 bridgehead atoms. The van der Waals surface area contributed by atoms with Crippen LogP contribution in [0.4, 0.5) is 35.1 Å². The topological polar surface area (TPSA) is 18.5 Å². The van der Waals surface area contributed by atoms with Gasteiger partial charge >= 0.3 is 6.11 Å². The fourth-order valence-corrected chi connectivity index (χ4v) is 4.97. The molecular formula is C33H24F8O2. The molecule has 5 rings (SSSR count). The number of hydrogen-bond acceptors (Lipinski definition) is 2. The lowest BCUT2D eigenvalue weighted by Crippen LogP contribution is -2.25. The SMILES string of the molecule is CCCC1CCC(c2ccc(-c3ccc(-c4cc(F)c(C(F)(F)Oc5cc(F)c(F)c(F)c5)c(F)c4)c(F)c3)cc2)=CO1. The molecule has 0 N–H and O–H groups in total. The Morgan fingerprint density at radius 2 is 1.30 bits per heavy atom. The molecule has 0 amide bonds. The highest BCUT2D eigenvalue weighted by Gasteiger charge is 2.41. The molecule has 0 saturated heterocycles. The molecule has 43 heavy (non-hydrogen) atoms. The van der Waals surface area contributed by atoms with Crippen molar-refractivity contribution in [3.63, 3.8) is 0 Å². The van der Waals surface area contributed by atoms with Gasteiger partial charge in [0, 0.05) is 17.7 Å². The summed E-state index contributed by atoms with van der Waals surface area (Å²) in [5.74, 6) is -11.3. The van der Waals surface area contributed by atoms with Crippen LogP contribution in [0.5, 0.6) is 5.75 Å². The van der Waals surface area contributed by atoms with Gasteiger partial charge in [0.2, 0.25) is 0 Å². The van der Waals surface area contributed by atoms with Gasteiger partial charge in [-0.2, -0.15) is 8.78 Å². The molecule has 10 heteroatoms. The third-order valence-corrected chi connectivity index (χ3v) is 7.15. The number of hydrogen-bond donors (Lipinski definition) is 0. The van der Waals surface area contributed by atoms with Gasteiger partial charge in [-0.1, -0.05) is 49.7 Å². The summed E-state index contributed by atoms with van der Waals surface area (Å²) < 4.78 is 124. The van der Waals surface area contributed by atoms with Crippen LogP contribution in [-0.4, -0.2) is 6.10 Å². The lowest BCUT2D eigenvalue weighted by Gasteiger charge is -2.23. The molecule has 1 aliphatic rings. The van der Waals surface area contributed by atoms with Crippen molar-refractivity contribution in [3.8, 4) is 28.0 Å². The average Bonchev–Trinajstić information content (AvgIpc) is 2.95. The third kappa shape index (κ3) is 6.38. The summed E-state index contributed by atoms with van der Waals surface area (Å²) in [6.45, 7) is 2.11. The molecule has 0 saturated carbocycles. The van der Waals surface area contributed by atoms with Crippen molar-refractivity contribution in [2.75, 3.05) is 0 Å². The molecule has 1 aliphatic heterocycles. The first-order valence-corrected chi connectivity index (χ1v) is 13.4. The van der Waals surface area contributed by atoms with E-state index in [1.807, 2.05) is 12.1 Å². The van der Waals surface area contributed by atoms with E-state index in [4.69, 9.17) is 4.74 Å². The second-order valence-corrected chi connectivity index (χ2v) is 10.1. The van der Waals surface area contributed by atoms with Gasteiger partial charge in [-0.25, -0.2) is 26.3 Å². The molecule has 4 aromatic carbocycles. The van der Waals surface area contributed by atoms with Gasteiger partial charge in [0.1, 0.15) is 28.8 Å². The normalized spacial score (nSPS) is 15.2. The predicted molar refractivity (Wildman–Crippen MR) is 145 cm³/mol. The maximum atomic E-state index is 15.1. The fourth-order valence-electron chi connectivity index (χ4n) is 4.97. The van der Waals surface area contributed by atoms with Crippen LogP contribution in [0.2, 0.25) is 0 Å². The van der Waals surface area contributed by atoms with E-state index in [1.165, 1.54) is 12.1 Å². The van der Waals surface area contributed by atoms with Crippen molar-refractivity contribution in [1.82, 2.24) is 0 Å². The molecule has 0 fully saturated rings. The first-order valence-electron chi connectivity index (χ1n) is 13.4. The van der Waals surface area contributed by atoms with Crippen LogP contribution in [0.1, 0.15) is 43.7 Å². The largest absolute Gasteiger partial charge is 0.498 e. The van der Waals surface area contributed by atoms with Crippen molar-refractivity contribution >= 4 is 5.57 Å². The first-order chi connectivity index (χ1) is 20.5. The number of allylic oxidation sites excluding steroid dienone is 1. The van der Waals surface area contributed by atoms with Crippen LogP contribution >= 0.6 is 0 Å². The van der Waals surface area contributed by atoms with Crippen molar-refractivity contribution in [1.29, 1.82) is 0 Å². The van der Waals surface area contributed by atoms with Gasteiger partial charge in [-0.05, 0) is 65.3 Å². The lowest BCUT2D eigenvalue weighted by molar-refractivity contribution is -0.189. The Balaban J connectivity index is 1.36. The zero-order valence-corrected chi connectivity index (χ0v) is 22.7. The standard InChI is InChI=1S/C33H24F8O2/c1-2-3-23-10-8-21(17-42-23)19-6-4-18(5-7-19)20-9-11-25(26(34)12-20)22-13-27(35)31(28(36)14-22)33(40,41)43-24-15-29(37)32(39)30(38)16-24/h4-7,9,11-17,23H,2-3,8,10H2,1H3. The van der Waals surface area contributed by atoms with Crippen LogP contribution in [0.25, 0.3) is 27.8 Å². The number of halogens is 8. The Bertz CT molecular complexity index is 1640. The van der Waals surface area contributed by atoms with Crippen molar-refractivity contribution in [2.24, 2.45) is 0 Å². The van der Waals surface area contributed by atoms with Crippen molar-refractivity contribution in [2.45, 2.75) is 44.8 Å². The van der Waals surface area contributed by atoms with Gasteiger partial charge < -0.3 is 9.47 Å². The summed E-state index contributed by atoms with van der Waals surface area (Å²) >= 11 is 0. The minimum absolute atomic E-state index is 0.102. The van der Waals surface area contributed by atoms with Crippen molar-refractivity contribution in [3.05, 3.63) is 119 Å². The minimum Gasteiger partial charge on any atom is -0.498 e. The molecule has 2 nitrogen and oxygen atoms in total. The van der Waals surface area contributed by atoms with Gasteiger partial charge in [0.25, 0.3) is 0 Å². The molecule has 0 spiro atoms. The molecule has 1 atom stereocenters. The molecule has 4 aromatic rings. The second kappa shape index (κ2) is 12.1. The van der Waals surface area contributed by atoms with Crippen LogP contribution in [0.3, 0.4) is 0 Å². The smallest absolute Gasteiger partial charge is 0.432 e. The first kappa shape index (κ1) is 30.1. The highest BCUT2D eigenvalue weighted by Crippen LogP contribution is 2.39. The monoisotopic (exact) mass is 604 g/mol. The van der Waals surface area contributed by atoms with Crippen LogP contribution in [0.15, 0.2) is 73.0 Å². The molecule has 0 radical (unpaired) electrons. The maximum absolute atomic E-state index is 15.1. The van der Waals surface area contributed by atoms with E-state index in [9.17, 15) is 30.7 Å². The maximum Gasteiger partial charge on any atom is 0.432 e. The number of alkyl halides is 2. The van der Waals surface area contributed by atoms with E-state index >= 15 is 4.39 Å². The van der Waals surface area contributed by atoms with Gasteiger partial charge in [0.15, 0.2) is 17.5 Å². The summed E-state index contributed by atoms with van der Waals surface area (Å²) in [4.78, 5) is 0. The van der Waals surface area contributed by atoms with E-state index in [0.717, 1.165) is 42.9 Å². The fraction of sp³-hybridized carbons (Fsp3) is 0.212. The minimum atomic E-state index is -4.75. The van der Waals surface area contributed by atoms with Gasteiger partial charge in [0.05, 0.1) is 12.4 Å². The van der Waals surface area contributed by atoms with Gasteiger partial charge in [-0.3, -0.25) is 0 Å². The van der Waals surface area contributed by atoms with E-state index in [2.05, 4.69) is 11.7 Å². The lowest BCUT2D eigenvalue weighted by atomic mass is 9.94. The summed E-state index contributed by atoms with van der Waals surface area (Å²) in [6, 6.07) is 12.5. The van der Waals surface area contributed by atoms with Crippen LogP contribution in [-0.2, 0) is 10.8 Å². The molecule has 0 aromatic heterocycles. The molecular weight excluding hydrogens is 580 g/mol. The van der Waals surface area contributed by atoms with E-state index in [0.29, 0.717) is 23.3 Å². The number of rotatable bonds is 8. The molecule has 224 valence electrons. The Kier molecular flexibility index (Phi) is 8.48. The third-order valence-electron chi connectivity index (χ3n) is 7.15. The Hall–Kier alpha value is -4.34.